The lowest BCUT2D eigenvalue weighted by Crippen LogP contribution is -2.42. The Hall–Kier alpha value is -2.69. The van der Waals surface area contributed by atoms with Gasteiger partial charge in [0.2, 0.25) is 5.37 Å². The number of nitrogens with zero attached hydrogens (tertiary/aromatic N) is 3. The summed E-state index contributed by atoms with van der Waals surface area (Å²) in [5.74, 6) is -1.01. The molecule has 202 valence electrons. The van der Waals surface area contributed by atoms with E-state index in [1.807, 2.05) is 0 Å². The quantitative estimate of drug-likeness (QED) is 0.371. The summed E-state index contributed by atoms with van der Waals surface area (Å²) in [5.41, 5.74) is -3.04. The zero-order valence-corrected chi connectivity index (χ0v) is 20.4. The van der Waals surface area contributed by atoms with Crippen molar-refractivity contribution in [2.45, 2.75) is 16.4 Å². The van der Waals surface area contributed by atoms with Crippen molar-refractivity contribution in [3.8, 4) is 11.8 Å². The van der Waals surface area contributed by atoms with Gasteiger partial charge in [-0.25, -0.2) is 17.9 Å². The van der Waals surface area contributed by atoms with Crippen molar-refractivity contribution in [3.05, 3.63) is 27.9 Å². The topological polar surface area (TPSA) is 126 Å². The van der Waals surface area contributed by atoms with Gasteiger partial charge in [-0.3, -0.25) is 5.32 Å². The number of aromatic nitrogens is 2. The molecule has 0 saturated carbocycles. The Balaban J connectivity index is 2.92. The Morgan fingerprint density at radius 3 is 2.06 bits per heavy atom. The molecule has 1 aromatic heterocycles. The number of rotatable bonds is 6. The van der Waals surface area contributed by atoms with Gasteiger partial charge in [0.15, 0.2) is 21.3 Å². The number of alkyl halides is 3. The zero-order valence-electron chi connectivity index (χ0n) is 17.3. The normalized spacial score (nSPS) is 15.3. The summed E-state index contributed by atoms with van der Waals surface area (Å²) < 4.78 is 134. The number of hydrogen-bond donors (Lipinski definition) is 2. The summed E-state index contributed by atoms with van der Waals surface area (Å²) in [6.45, 7) is 0. The highest BCUT2D eigenvalue weighted by atomic mass is 35.5. The number of benzene rings is 1. The van der Waals surface area contributed by atoms with E-state index in [2.05, 4.69) is 9.84 Å². The number of anilines is 2. The Kier molecular flexibility index (Phi) is 6.91. The van der Waals surface area contributed by atoms with Crippen molar-refractivity contribution in [3.63, 3.8) is 0 Å². The average Bonchev–Trinajstić information content (AvgIpc) is 2.98. The standard InChI is InChI=1S/C15H11Cl2F8N5O4S2/c1-34-14(31)28-12-10(27-13(15(18,19)20)35(2,32)33)9(5-26)29-30(12)11-7(16)3-6(4-8(11)17)36(21,22,23,24)25/h3-4,13,27H,1-2H3,(H,28,31). The molecule has 2 N–H and O–H groups in total. The highest BCUT2D eigenvalue weighted by molar-refractivity contribution is 8.45. The summed E-state index contributed by atoms with van der Waals surface area (Å²) in [7, 11) is -14.5. The number of amides is 1. The smallest absolute Gasteiger partial charge is 0.423 e. The van der Waals surface area contributed by atoms with E-state index in [9.17, 15) is 51.1 Å². The molecule has 0 bridgehead atoms. The average molecular weight is 612 g/mol. The molecule has 0 spiro atoms. The lowest BCUT2D eigenvalue weighted by molar-refractivity contribution is -0.124. The van der Waals surface area contributed by atoms with Crippen LogP contribution >= 0.6 is 33.4 Å². The van der Waals surface area contributed by atoms with Gasteiger partial charge in [0.25, 0.3) is 0 Å². The third-order valence-corrected chi connectivity index (χ3v) is 6.99. The minimum atomic E-state index is -10.3. The van der Waals surface area contributed by atoms with E-state index in [4.69, 9.17) is 23.2 Å². The van der Waals surface area contributed by atoms with Crippen LogP contribution in [-0.2, 0) is 14.6 Å². The van der Waals surface area contributed by atoms with E-state index in [1.165, 1.54) is 11.4 Å². The molecule has 1 aromatic carbocycles. The second kappa shape index (κ2) is 8.43. The maximum atomic E-state index is 13.4. The molecule has 0 aliphatic rings. The van der Waals surface area contributed by atoms with Gasteiger partial charge in [0.1, 0.15) is 22.3 Å². The van der Waals surface area contributed by atoms with Crippen molar-refractivity contribution < 1.29 is 50.5 Å². The minimum absolute atomic E-state index is 0.189. The van der Waals surface area contributed by atoms with Crippen LogP contribution in [0.1, 0.15) is 5.69 Å². The molecule has 0 saturated heterocycles. The molecule has 36 heavy (non-hydrogen) atoms. The van der Waals surface area contributed by atoms with Crippen molar-refractivity contribution in [2.75, 3.05) is 24.0 Å². The lowest BCUT2D eigenvalue weighted by Gasteiger charge is -2.40. The second-order valence-corrected chi connectivity index (χ2v) is 12.2. The van der Waals surface area contributed by atoms with Crippen LogP contribution < -0.4 is 10.6 Å². The van der Waals surface area contributed by atoms with Crippen molar-refractivity contribution >= 4 is 60.9 Å². The van der Waals surface area contributed by atoms with Gasteiger partial charge >= 0.3 is 22.5 Å². The van der Waals surface area contributed by atoms with Crippen LogP contribution in [0, 0.1) is 11.3 Å². The number of nitriles is 1. The number of hydrogen-bond acceptors (Lipinski definition) is 7. The molecule has 2 rings (SSSR count). The fourth-order valence-electron chi connectivity index (χ4n) is 2.59. The number of methoxy groups -OCH3 is 1. The summed E-state index contributed by atoms with van der Waals surface area (Å²) in [4.78, 5) is 9.27. The number of carbonyl (C=O) groups is 1. The Labute approximate surface area is 206 Å². The van der Waals surface area contributed by atoms with Gasteiger partial charge in [0.05, 0.1) is 17.2 Å². The van der Waals surface area contributed by atoms with E-state index in [1.54, 1.807) is 5.32 Å². The molecule has 9 nitrogen and oxygen atoms in total. The van der Waals surface area contributed by atoms with Gasteiger partial charge < -0.3 is 10.1 Å². The van der Waals surface area contributed by atoms with Crippen molar-refractivity contribution in [1.82, 2.24) is 9.78 Å². The fourth-order valence-corrected chi connectivity index (χ4v) is 4.86. The van der Waals surface area contributed by atoms with Crippen LogP contribution in [0.5, 0.6) is 0 Å². The molecule has 21 heteroatoms. The van der Waals surface area contributed by atoms with E-state index >= 15 is 0 Å². The maximum absolute atomic E-state index is 13.4. The predicted octanol–water partition coefficient (Wildman–Crippen LogP) is 6.23. The first-order chi connectivity index (χ1) is 15.9. The molecule has 0 radical (unpaired) electrons. The molecule has 1 heterocycles. The van der Waals surface area contributed by atoms with Crippen molar-refractivity contribution in [2.24, 2.45) is 0 Å². The summed E-state index contributed by atoms with van der Waals surface area (Å²) in [5, 5.41) is 10.3. The van der Waals surface area contributed by atoms with E-state index in [-0.39, 0.29) is 23.1 Å². The van der Waals surface area contributed by atoms with Gasteiger partial charge in [-0.15, -0.1) is 0 Å². The molecule has 0 fully saturated rings. The molecule has 0 aliphatic carbocycles. The second-order valence-electron chi connectivity index (χ2n) is 6.81. The van der Waals surface area contributed by atoms with Crippen LogP contribution in [0.4, 0.5) is 48.9 Å². The highest BCUT2D eigenvalue weighted by Gasteiger charge is 2.65. The Morgan fingerprint density at radius 1 is 1.19 bits per heavy atom. The monoisotopic (exact) mass is 611 g/mol. The van der Waals surface area contributed by atoms with Crippen LogP contribution in [0.2, 0.25) is 10.0 Å². The number of halogens is 10. The number of ether oxygens (including phenoxy) is 1. The Bertz CT molecular complexity index is 1370. The van der Waals surface area contributed by atoms with E-state index in [0.717, 1.165) is 7.11 Å². The molecule has 1 unspecified atom stereocenters. The van der Waals surface area contributed by atoms with Crippen molar-refractivity contribution in [1.29, 1.82) is 5.26 Å². The fraction of sp³-hybridized carbons (Fsp3) is 0.267. The van der Waals surface area contributed by atoms with E-state index in [0.29, 0.717) is 0 Å². The number of sulfone groups is 1. The van der Waals surface area contributed by atoms with Crippen LogP contribution in [0.3, 0.4) is 0 Å². The number of carbonyl (C=O) groups excluding carboxylic acids is 1. The maximum Gasteiger partial charge on any atom is 0.423 e. The van der Waals surface area contributed by atoms with E-state index < -0.39 is 75.5 Å². The van der Waals surface area contributed by atoms with Gasteiger partial charge in [-0.05, 0) is 12.1 Å². The molecule has 1 amide bonds. The van der Waals surface area contributed by atoms with Gasteiger partial charge in [0, 0.05) is 6.26 Å². The zero-order chi connectivity index (χ0) is 28.1. The summed E-state index contributed by atoms with van der Waals surface area (Å²) in [6.07, 6.45) is -6.74. The lowest BCUT2D eigenvalue weighted by atomic mass is 10.3. The molecular formula is C15H11Cl2F8N5O4S2. The first kappa shape index (κ1) is 29.5. The largest absolute Gasteiger partial charge is 0.453 e. The molecule has 2 aromatic rings. The third-order valence-electron chi connectivity index (χ3n) is 4.05. The molecular weight excluding hydrogens is 601 g/mol. The SMILES string of the molecule is COC(=O)Nc1c(NC(C(F)(F)F)S(C)(=O)=O)c(C#N)nn1-c1c(Cl)cc(S(F)(F)(F)(F)F)cc1Cl. The summed E-state index contributed by atoms with van der Waals surface area (Å²) >= 11 is 11.4. The van der Waals surface area contributed by atoms with Gasteiger partial charge in [-0.1, -0.05) is 42.6 Å². The highest BCUT2D eigenvalue weighted by Crippen LogP contribution is 3.02. The minimum Gasteiger partial charge on any atom is -0.453 e. The van der Waals surface area contributed by atoms with Gasteiger partial charge in [-0.2, -0.15) is 23.5 Å². The molecule has 1 atom stereocenters. The third kappa shape index (κ3) is 6.35. The van der Waals surface area contributed by atoms with Crippen LogP contribution in [0.15, 0.2) is 17.0 Å². The van der Waals surface area contributed by atoms with Crippen LogP contribution in [0.25, 0.3) is 5.69 Å². The predicted molar refractivity (Wildman–Crippen MR) is 114 cm³/mol. The van der Waals surface area contributed by atoms with Crippen LogP contribution in [-0.4, -0.2) is 49.2 Å². The first-order valence-electron chi connectivity index (χ1n) is 8.54. The Morgan fingerprint density at radius 2 is 1.69 bits per heavy atom. The first-order valence-corrected chi connectivity index (χ1v) is 13.2. The number of nitrogens with one attached hydrogen (secondary N) is 2. The molecule has 0 aliphatic heterocycles. The summed E-state index contributed by atoms with van der Waals surface area (Å²) in [6, 6.07) is 0.760.